The van der Waals surface area contributed by atoms with Crippen LogP contribution in [0.5, 0.6) is 0 Å². The first-order valence-corrected chi connectivity index (χ1v) is 7.85. The molecular weight excluding hydrogens is 280 g/mol. The van der Waals surface area contributed by atoms with E-state index in [9.17, 15) is 0 Å². The molecule has 1 heterocycles. The minimum absolute atomic E-state index is 0.433. The largest absolute Gasteiger partial charge is 0.322 e. The molecule has 0 radical (unpaired) electrons. The number of benzene rings is 2. The third kappa shape index (κ3) is 2.68. The number of hydrogen-bond acceptors (Lipinski definition) is 1. The van der Waals surface area contributed by atoms with Gasteiger partial charge in [0.05, 0.1) is 16.9 Å². The van der Waals surface area contributed by atoms with Crippen LogP contribution in [0.2, 0.25) is 0 Å². The van der Waals surface area contributed by atoms with Gasteiger partial charge in [-0.15, -0.1) is 11.6 Å². The van der Waals surface area contributed by atoms with E-state index in [-0.39, 0.29) is 0 Å². The molecule has 3 aromatic rings. The van der Waals surface area contributed by atoms with Gasteiger partial charge in [0, 0.05) is 6.54 Å². The maximum Gasteiger partial charge on any atom is 0.125 e. The average Bonchev–Trinajstić information content (AvgIpc) is 2.86. The molecule has 0 fully saturated rings. The maximum atomic E-state index is 6.10. The number of halogens is 1. The zero-order valence-corrected chi connectivity index (χ0v) is 13.2. The Bertz CT molecular complexity index is 774. The lowest BCUT2D eigenvalue weighted by atomic mass is 10.1. The third-order valence-corrected chi connectivity index (χ3v) is 4.25. The zero-order valence-electron chi connectivity index (χ0n) is 12.4. The number of hydrogen-bond donors (Lipinski definition) is 0. The second-order valence-corrected chi connectivity index (χ2v) is 5.62. The van der Waals surface area contributed by atoms with Crippen molar-refractivity contribution in [2.24, 2.45) is 0 Å². The van der Waals surface area contributed by atoms with Gasteiger partial charge in [-0.05, 0) is 42.2 Å². The van der Waals surface area contributed by atoms with Crippen LogP contribution in [-0.4, -0.2) is 9.55 Å². The van der Waals surface area contributed by atoms with E-state index >= 15 is 0 Å². The SMILES string of the molecule is CCc1ccc2c(c1)nc(CCl)n2Cc1ccccc1C. The molecule has 2 aromatic carbocycles. The molecule has 0 unspecified atom stereocenters. The summed E-state index contributed by atoms with van der Waals surface area (Å²) in [6, 6.07) is 15.0. The summed E-state index contributed by atoms with van der Waals surface area (Å²) in [4.78, 5) is 4.70. The highest BCUT2D eigenvalue weighted by atomic mass is 35.5. The van der Waals surface area contributed by atoms with E-state index in [1.807, 2.05) is 0 Å². The zero-order chi connectivity index (χ0) is 14.8. The fraction of sp³-hybridized carbons (Fsp3) is 0.278. The number of alkyl halides is 1. The standard InChI is InChI=1S/C18H19ClN2/c1-3-14-8-9-17-16(10-14)20-18(11-19)21(17)12-15-7-5-4-6-13(15)2/h4-10H,3,11-12H2,1-2H3. The van der Waals surface area contributed by atoms with Crippen molar-refractivity contribution in [2.75, 3.05) is 0 Å². The van der Waals surface area contributed by atoms with E-state index in [0.29, 0.717) is 5.88 Å². The molecule has 0 amide bonds. The lowest BCUT2D eigenvalue weighted by Gasteiger charge is -2.10. The Kier molecular flexibility index (Phi) is 3.98. The summed E-state index contributed by atoms with van der Waals surface area (Å²) < 4.78 is 2.23. The first-order chi connectivity index (χ1) is 10.2. The molecule has 0 aliphatic heterocycles. The smallest absolute Gasteiger partial charge is 0.125 e. The van der Waals surface area contributed by atoms with E-state index in [0.717, 1.165) is 29.8 Å². The maximum absolute atomic E-state index is 6.10. The number of aryl methyl sites for hydroxylation is 2. The fourth-order valence-corrected chi connectivity index (χ4v) is 2.89. The van der Waals surface area contributed by atoms with Gasteiger partial charge in [-0.3, -0.25) is 0 Å². The minimum Gasteiger partial charge on any atom is -0.322 e. The van der Waals surface area contributed by atoms with Crippen LogP contribution in [0, 0.1) is 6.92 Å². The number of aromatic nitrogens is 2. The normalized spacial score (nSPS) is 11.2. The Balaban J connectivity index is 2.10. The quantitative estimate of drug-likeness (QED) is 0.639. The highest BCUT2D eigenvalue weighted by Crippen LogP contribution is 2.22. The predicted octanol–water partition coefficient (Wildman–Crippen LogP) is 4.69. The van der Waals surface area contributed by atoms with Crippen LogP contribution < -0.4 is 0 Å². The van der Waals surface area contributed by atoms with E-state index in [4.69, 9.17) is 16.6 Å². The van der Waals surface area contributed by atoms with Crippen LogP contribution in [-0.2, 0) is 18.8 Å². The summed E-state index contributed by atoms with van der Waals surface area (Å²) in [5.74, 6) is 1.37. The van der Waals surface area contributed by atoms with Gasteiger partial charge in [0.2, 0.25) is 0 Å². The number of nitrogens with zero attached hydrogens (tertiary/aromatic N) is 2. The van der Waals surface area contributed by atoms with E-state index < -0.39 is 0 Å². The Hall–Kier alpha value is -1.80. The molecule has 0 atom stereocenters. The first kappa shape index (κ1) is 14.2. The second-order valence-electron chi connectivity index (χ2n) is 5.35. The van der Waals surface area contributed by atoms with Crippen molar-refractivity contribution in [1.82, 2.24) is 9.55 Å². The van der Waals surface area contributed by atoms with Crippen LogP contribution in [0.1, 0.15) is 29.4 Å². The summed E-state index contributed by atoms with van der Waals surface area (Å²) in [6.07, 6.45) is 1.02. The second kappa shape index (κ2) is 5.90. The molecule has 2 nitrogen and oxygen atoms in total. The van der Waals surface area contributed by atoms with Crippen molar-refractivity contribution in [2.45, 2.75) is 32.7 Å². The minimum atomic E-state index is 0.433. The molecule has 0 aliphatic carbocycles. The Morgan fingerprint density at radius 3 is 2.67 bits per heavy atom. The number of fused-ring (bicyclic) bond motifs is 1. The first-order valence-electron chi connectivity index (χ1n) is 7.31. The highest BCUT2D eigenvalue weighted by Gasteiger charge is 2.11. The van der Waals surface area contributed by atoms with Gasteiger partial charge in [-0.25, -0.2) is 4.98 Å². The molecule has 0 spiro atoms. The summed E-state index contributed by atoms with van der Waals surface area (Å²) >= 11 is 6.10. The monoisotopic (exact) mass is 298 g/mol. The molecular formula is C18H19ClN2. The van der Waals surface area contributed by atoms with E-state index in [2.05, 4.69) is 60.9 Å². The Morgan fingerprint density at radius 2 is 1.95 bits per heavy atom. The summed E-state index contributed by atoms with van der Waals surface area (Å²) in [6.45, 7) is 5.12. The molecule has 3 heteroatoms. The van der Waals surface area contributed by atoms with Gasteiger partial charge in [-0.2, -0.15) is 0 Å². The number of imidazole rings is 1. The molecule has 0 bridgehead atoms. The van der Waals surface area contributed by atoms with Crippen molar-refractivity contribution >= 4 is 22.6 Å². The molecule has 108 valence electrons. The highest BCUT2D eigenvalue weighted by molar-refractivity contribution is 6.16. The van der Waals surface area contributed by atoms with Gasteiger partial charge in [0.1, 0.15) is 5.82 Å². The van der Waals surface area contributed by atoms with Gasteiger partial charge in [-0.1, -0.05) is 37.3 Å². The molecule has 3 rings (SSSR count). The molecule has 0 N–H and O–H groups in total. The molecule has 21 heavy (non-hydrogen) atoms. The van der Waals surface area contributed by atoms with Crippen molar-refractivity contribution in [1.29, 1.82) is 0 Å². The van der Waals surface area contributed by atoms with E-state index in [1.165, 1.54) is 16.7 Å². The molecule has 1 aromatic heterocycles. The van der Waals surface area contributed by atoms with Crippen LogP contribution in [0.3, 0.4) is 0 Å². The Labute approximate surface area is 130 Å². The molecule has 0 saturated carbocycles. The molecule has 0 saturated heterocycles. The van der Waals surface area contributed by atoms with Crippen molar-refractivity contribution in [3.05, 3.63) is 65.0 Å². The van der Waals surface area contributed by atoms with Crippen LogP contribution in [0.4, 0.5) is 0 Å². The summed E-state index contributed by atoms with van der Waals surface area (Å²) in [5.41, 5.74) is 6.11. The average molecular weight is 299 g/mol. The van der Waals surface area contributed by atoms with E-state index in [1.54, 1.807) is 0 Å². The van der Waals surface area contributed by atoms with Crippen LogP contribution in [0.25, 0.3) is 11.0 Å². The van der Waals surface area contributed by atoms with Crippen LogP contribution >= 0.6 is 11.6 Å². The van der Waals surface area contributed by atoms with Gasteiger partial charge >= 0.3 is 0 Å². The number of rotatable bonds is 4. The summed E-state index contributed by atoms with van der Waals surface area (Å²) in [7, 11) is 0. The fourth-order valence-electron chi connectivity index (χ4n) is 2.68. The predicted molar refractivity (Wildman–Crippen MR) is 88.9 cm³/mol. The summed E-state index contributed by atoms with van der Waals surface area (Å²) in [5, 5.41) is 0. The Morgan fingerprint density at radius 1 is 1.14 bits per heavy atom. The van der Waals surface area contributed by atoms with Gasteiger partial charge in [0.25, 0.3) is 0 Å². The van der Waals surface area contributed by atoms with Gasteiger partial charge in [0.15, 0.2) is 0 Å². The van der Waals surface area contributed by atoms with Crippen molar-refractivity contribution in [3.8, 4) is 0 Å². The molecule has 0 aliphatic rings. The third-order valence-electron chi connectivity index (χ3n) is 4.01. The van der Waals surface area contributed by atoms with Crippen LogP contribution in [0.15, 0.2) is 42.5 Å². The lowest BCUT2D eigenvalue weighted by Crippen LogP contribution is -2.05. The topological polar surface area (TPSA) is 17.8 Å². The van der Waals surface area contributed by atoms with Crippen molar-refractivity contribution in [3.63, 3.8) is 0 Å². The van der Waals surface area contributed by atoms with Gasteiger partial charge < -0.3 is 4.57 Å². The lowest BCUT2D eigenvalue weighted by molar-refractivity contribution is 0.774. The van der Waals surface area contributed by atoms with Crippen molar-refractivity contribution < 1.29 is 0 Å².